The molecule has 0 N–H and O–H groups in total. The molecule has 1 heterocycles. The van der Waals surface area contributed by atoms with E-state index in [2.05, 4.69) is 0 Å². The van der Waals surface area contributed by atoms with Crippen LogP contribution in [0.1, 0.15) is 26.2 Å². The normalized spacial score (nSPS) is 38.1. The van der Waals surface area contributed by atoms with Crippen LogP contribution in [0.4, 0.5) is 0 Å². The molecule has 1 saturated heterocycles. The summed E-state index contributed by atoms with van der Waals surface area (Å²) in [7, 11) is 1.61. The van der Waals surface area contributed by atoms with Crippen LogP contribution in [0.25, 0.3) is 0 Å². The van der Waals surface area contributed by atoms with Crippen LogP contribution in [0.3, 0.4) is 0 Å². The maximum atomic E-state index is 11.2. The van der Waals surface area contributed by atoms with Crippen molar-refractivity contribution in [1.82, 2.24) is 0 Å². The van der Waals surface area contributed by atoms with Gasteiger partial charge < -0.3 is 14.2 Å². The predicted molar refractivity (Wildman–Crippen MR) is 48.6 cm³/mol. The molecule has 2 bridgehead atoms. The van der Waals surface area contributed by atoms with Crippen LogP contribution in [0.5, 0.6) is 0 Å². The molecule has 4 heteroatoms. The van der Waals surface area contributed by atoms with E-state index < -0.39 is 0 Å². The van der Waals surface area contributed by atoms with E-state index in [9.17, 15) is 4.79 Å². The fourth-order valence-electron chi connectivity index (χ4n) is 2.14. The molecule has 0 aromatic rings. The van der Waals surface area contributed by atoms with Crippen molar-refractivity contribution >= 4 is 5.97 Å². The van der Waals surface area contributed by atoms with Gasteiger partial charge in [0.2, 0.25) is 0 Å². The van der Waals surface area contributed by atoms with Crippen molar-refractivity contribution in [3.8, 4) is 0 Å². The Morgan fingerprint density at radius 2 is 2.29 bits per heavy atom. The molecular formula is C10H16O4. The van der Waals surface area contributed by atoms with Crippen molar-refractivity contribution in [2.45, 2.75) is 44.7 Å². The van der Waals surface area contributed by atoms with Gasteiger partial charge in [-0.3, -0.25) is 4.79 Å². The summed E-state index contributed by atoms with van der Waals surface area (Å²) in [5.41, 5.74) is 0. The minimum atomic E-state index is -0.226. The Morgan fingerprint density at radius 3 is 3.00 bits per heavy atom. The zero-order valence-electron chi connectivity index (χ0n) is 8.56. The molecule has 0 radical (unpaired) electrons. The summed E-state index contributed by atoms with van der Waals surface area (Å²) in [5.74, 6) is 0.0730. The molecule has 2 fully saturated rings. The second kappa shape index (κ2) is 3.87. The van der Waals surface area contributed by atoms with Crippen LogP contribution in [0, 0.1) is 5.92 Å². The van der Waals surface area contributed by atoms with E-state index in [-0.39, 0.29) is 30.4 Å². The van der Waals surface area contributed by atoms with Crippen molar-refractivity contribution in [3.05, 3.63) is 0 Å². The standard InChI is InChI=1S/C10H16O4/c1-6(12-2)13-8-4-3-7-5-9(8)14-10(7)11/h6-9H,3-5H2,1-2H3. The van der Waals surface area contributed by atoms with Gasteiger partial charge in [0, 0.05) is 13.5 Å². The zero-order valence-corrected chi connectivity index (χ0v) is 8.56. The van der Waals surface area contributed by atoms with Gasteiger partial charge in [0.1, 0.15) is 6.10 Å². The molecule has 0 spiro atoms. The third-order valence-electron chi connectivity index (χ3n) is 3.03. The molecule has 1 aliphatic heterocycles. The van der Waals surface area contributed by atoms with Crippen LogP contribution in [-0.2, 0) is 19.0 Å². The summed E-state index contributed by atoms with van der Waals surface area (Å²) in [6.07, 6.45) is 2.35. The lowest BCUT2D eigenvalue weighted by molar-refractivity contribution is -0.178. The molecule has 0 aromatic carbocycles. The number of carbonyl (C=O) groups is 1. The van der Waals surface area contributed by atoms with Gasteiger partial charge in [0.05, 0.1) is 12.0 Å². The Balaban J connectivity index is 1.92. The second-order valence-electron chi connectivity index (χ2n) is 3.96. The first kappa shape index (κ1) is 9.93. The van der Waals surface area contributed by atoms with E-state index in [0.29, 0.717) is 0 Å². The first-order valence-electron chi connectivity index (χ1n) is 5.09. The lowest BCUT2D eigenvalue weighted by Crippen LogP contribution is -2.34. The number of hydrogen-bond acceptors (Lipinski definition) is 4. The summed E-state index contributed by atoms with van der Waals surface area (Å²) < 4.78 is 15.9. The number of methoxy groups -OCH3 is 1. The maximum absolute atomic E-state index is 11.2. The predicted octanol–water partition coefficient (Wildman–Crippen LogP) is 1.09. The third kappa shape index (κ3) is 1.77. The van der Waals surface area contributed by atoms with Gasteiger partial charge in [-0.25, -0.2) is 0 Å². The molecule has 4 unspecified atom stereocenters. The van der Waals surface area contributed by atoms with Crippen molar-refractivity contribution in [1.29, 1.82) is 0 Å². The summed E-state index contributed by atoms with van der Waals surface area (Å²) in [6.45, 7) is 1.85. The van der Waals surface area contributed by atoms with Crippen LogP contribution < -0.4 is 0 Å². The van der Waals surface area contributed by atoms with Crippen LogP contribution in [0.15, 0.2) is 0 Å². The summed E-state index contributed by atoms with van der Waals surface area (Å²) in [4.78, 5) is 11.2. The third-order valence-corrected chi connectivity index (χ3v) is 3.03. The highest BCUT2D eigenvalue weighted by atomic mass is 16.7. The number of rotatable bonds is 3. The second-order valence-corrected chi connectivity index (χ2v) is 3.96. The first-order chi connectivity index (χ1) is 6.70. The van der Waals surface area contributed by atoms with Crippen molar-refractivity contribution < 1.29 is 19.0 Å². The summed E-state index contributed by atoms with van der Waals surface area (Å²) >= 11 is 0. The van der Waals surface area contributed by atoms with E-state index in [1.165, 1.54) is 0 Å². The minimum Gasteiger partial charge on any atom is -0.459 e. The van der Waals surface area contributed by atoms with E-state index in [1.54, 1.807) is 7.11 Å². The lowest BCUT2D eigenvalue weighted by Gasteiger charge is -2.27. The Labute approximate surface area is 83.5 Å². The number of hydrogen-bond donors (Lipinski definition) is 0. The average molecular weight is 200 g/mol. The fraction of sp³-hybridized carbons (Fsp3) is 0.900. The Kier molecular flexibility index (Phi) is 2.74. The van der Waals surface area contributed by atoms with Gasteiger partial charge in [0.15, 0.2) is 6.29 Å². The van der Waals surface area contributed by atoms with E-state index in [4.69, 9.17) is 14.2 Å². The largest absolute Gasteiger partial charge is 0.459 e. The van der Waals surface area contributed by atoms with Gasteiger partial charge in [0.25, 0.3) is 0 Å². The van der Waals surface area contributed by atoms with Gasteiger partial charge in [-0.2, -0.15) is 0 Å². The monoisotopic (exact) mass is 200 g/mol. The van der Waals surface area contributed by atoms with Gasteiger partial charge in [-0.1, -0.05) is 0 Å². The van der Waals surface area contributed by atoms with Gasteiger partial charge >= 0.3 is 5.97 Å². The molecule has 2 rings (SSSR count). The molecule has 0 aromatic heterocycles. The Morgan fingerprint density at radius 1 is 1.50 bits per heavy atom. The zero-order chi connectivity index (χ0) is 10.1. The van der Waals surface area contributed by atoms with E-state index in [1.807, 2.05) is 6.92 Å². The van der Waals surface area contributed by atoms with Gasteiger partial charge in [-0.15, -0.1) is 0 Å². The molecule has 80 valence electrons. The molecule has 14 heavy (non-hydrogen) atoms. The smallest absolute Gasteiger partial charge is 0.309 e. The summed E-state index contributed by atoms with van der Waals surface area (Å²) in [5, 5.41) is 0. The van der Waals surface area contributed by atoms with Crippen LogP contribution in [-0.4, -0.2) is 31.6 Å². The number of esters is 1. The molecule has 1 aliphatic carbocycles. The Hall–Kier alpha value is -0.610. The highest BCUT2D eigenvalue weighted by molar-refractivity contribution is 5.75. The number of fused-ring (bicyclic) bond motifs is 2. The van der Waals surface area contributed by atoms with E-state index in [0.717, 1.165) is 19.3 Å². The number of carbonyl (C=O) groups excluding carboxylic acids is 1. The highest BCUT2D eigenvalue weighted by Gasteiger charge is 2.44. The molecule has 2 aliphatic rings. The average Bonchev–Trinajstić information content (AvgIpc) is 2.48. The molecule has 4 nitrogen and oxygen atoms in total. The van der Waals surface area contributed by atoms with E-state index >= 15 is 0 Å². The first-order valence-corrected chi connectivity index (χ1v) is 5.09. The highest BCUT2D eigenvalue weighted by Crippen LogP contribution is 2.36. The topological polar surface area (TPSA) is 44.8 Å². The van der Waals surface area contributed by atoms with Gasteiger partial charge in [-0.05, 0) is 19.8 Å². The summed E-state index contributed by atoms with van der Waals surface area (Å²) in [6, 6.07) is 0. The maximum Gasteiger partial charge on any atom is 0.309 e. The van der Waals surface area contributed by atoms with Crippen molar-refractivity contribution in [2.24, 2.45) is 5.92 Å². The molecule has 1 saturated carbocycles. The van der Waals surface area contributed by atoms with Crippen molar-refractivity contribution in [3.63, 3.8) is 0 Å². The number of ether oxygens (including phenoxy) is 3. The molecule has 4 atom stereocenters. The Bertz CT molecular complexity index is 228. The lowest BCUT2D eigenvalue weighted by atomic mass is 9.88. The molecular weight excluding hydrogens is 184 g/mol. The van der Waals surface area contributed by atoms with Crippen LogP contribution in [0.2, 0.25) is 0 Å². The quantitative estimate of drug-likeness (QED) is 0.505. The SMILES string of the molecule is COC(C)OC1CCC2CC1OC2=O. The fourth-order valence-corrected chi connectivity index (χ4v) is 2.14. The van der Waals surface area contributed by atoms with Crippen LogP contribution >= 0.6 is 0 Å². The molecule has 0 amide bonds. The minimum absolute atomic E-state index is 0.0210. The van der Waals surface area contributed by atoms with Crippen molar-refractivity contribution in [2.75, 3.05) is 7.11 Å².